The average Bonchev–Trinajstić information content (AvgIpc) is 2.95. The summed E-state index contributed by atoms with van der Waals surface area (Å²) >= 11 is 0. The lowest BCUT2D eigenvalue weighted by molar-refractivity contribution is 0.338. The molecule has 1 aliphatic rings. The predicted molar refractivity (Wildman–Crippen MR) is 67.7 cm³/mol. The number of aromatic nitrogens is 3. The van der Waals surface area contributed by atoms with Gasteiger partial charge in [0.25, 0.3) is 0 Å². The zero-order valence-corrected chi connectivity index (χ0v) is 10.2. The van der Waals surface area contributed by atoms with Crippen LogP contribution in [-0.4, -0.2) is 21.5 Å². The molecule has 4 heteroatoms. The normalized spacial score (nSPS) is 24.5. The number of fused-ring (bicyclic) bond motifs is 1. The fourth-order valence-corrected chi connectivity index (χ4v) is 2.85. The van der Waals surface area contributed by atoms with Crippen LogP contribution in [0.15, 0.2) is 18.5 Å². The van der Waals surface area contributed by atoms with Gasteiger partial charge in [0.15, 0.2) is 0 Å². The van der Waals surface area contributed by atoms with Crippen LogP contribution in [0.4, 0.5) is 0 Å². The van der Waals surface area contributed by atoms with Gasteiger partial charge in [-0.05, 0) is 31.9 Å². The molecule has 0 saturated carbocycles. The van der Waals surface area contributed by atoms with Gasteiger partial charge < -0.3 is 10.3 Å². The first-order valence-electron chi connectivity index (χ1n) is 6.39. The smallest absolute Gasteiger partial charge is 0.127 e. The first-order chi connectivity index (χ1) is 8.34. The maximum atomic E-state index is 4.73. The van der Waals surface area contributed by atoms with Crippen LogP contribution in [-0.2, 0) is 5.54 Å². The van der Waals surface area contributed by atoms with E-state index in [2.05, 4.69) is 22.2 Å². The fourth-order valence-electron chi connectivity index (χ4n) is 2.85. The number of hydrogen-bond acceptors (Lipinski definition) is 3. The molecule has 0 aliphatic carbocycles. The molecule has 1 unspecified atom stereocenters. The fraction of sp³-hybridized carbons (Fsp3) is 0.538. The second kappa shape index (κ2) is 4.11. The molecule has 2 aromatic heterocycles. The van der Waals surface area contributed by atoms with Crippen LogP contribution in [0, 0.1) is 0 Å². The van der Waals surface area contributed by atoms with Crippen molar-refractivity contribution in [3.05, 3.63) is 24.3 Å². The maximum absolute atomic E-state index is 4.73. The Bertz CT molecular complexity index is 478. The van der Waals surface area contributed by atoms with Gasteiger partial charge in [-0.2, -0.15) is 0 Å². The molecular formula is C13H18N4. The van der Waals surface area contributed by atoms with Crippen LogP contribution < -0.4 is 5.32 Å². The van der Waals surface area contributed by atoms with Crippen molar-refractivity contribution in [1.82, 2.24) is 20.3 Å². The molecule has 2 aromatic rings. The Morgan fingerprint density at radius 3 is 3.12 bits per heavy atom. The molecule has 1 atom stereocenters. The second-order valence-electron chi connectivity index (χ2n) is 4.84. The molecule has 90 valence electrons. The zero-order chi connectivity index (χ0) is 11.7. The van der Waals surface area contributed by atoms with E-state index in [-0.39, 0.29) is 5.54 Å². The molecule has 1 saturated heterocycles. The first kappa shape index (κ1) is 10.7. The quantitative estimate of drug-likeness (QED) is 0.851. The number of pyridine rings is 1. The van der Waals surface area contributed by atoms with Crippen LogP contribution >= 0.6 is 0 Å². The van der Waals surface area contributed by atoms with Crippen LogP contribution in [0.25, 0.3) is 11.0 Å². The third kappa shape index (κ3) is 1.72. The second-order valence-corrected chi connectivity index (χ2v) is 4.84. The molecule has 3 heterocycles. The molecule has 0 amide bonds. The van der Waals surface area contributed by atoms with Gasteiger partial charge in [-0.15, -0.1) is 0 Å². The molecular weight excluding hydrogens is 212 g/mol. The topological polar surface area (TPSA) is 53.6 Å². The van der Waals surface area contributed by atoms with Gasteiger partial charge in [-0.1, -0.05) is 13.3 Å². The van der Waals surface area contributed by atoms with Crippen molar-refractivity contribution in [3.63, 3.8) is 0 Å². The summed E-state index contributed by atoms with van der Waals surface area (Å²) in [6.07, 6.45) is 8.36. The van der Waals surface area contributed by atoms with Crippen LogP contribution in [0.2, 0.25) is 0 Å². The van der Waals surface area contributed by atoms with E-state index in [1.165, 1.54) is 19.3 Å². The van der Waals surface area contributed by atoms with E-state index in [0.29, 0.717) is 0 Å². The number of imidazole rings is 1. The van der Waals surface area contributed by atoms with Gasteiger partial charge in [0.05, 0.1) is 22.8 Å². The molecule has 1 fully saturated rings. The van der Waals surface area contributed by atoms with Crippen molar-refractivity contribution in [2.45, 2.75) is 38.1 Å². The Morgan fingerprint density at radius 2 is 2.41 bits per heavy atom. The first-order valence-corrected chi connectivity index (χ1v) is 6.39. The number of aromatic amines is 1. The molecule has 4 nitrogen and oxygen atoms in total. The third-order valence-corrected chi connectivity index (χ3v) is 3.66. The van der Waals surface area contributed by atoms with Crippen LogP contribution in [0.5, 0.6) is 0 Å². The monoisotopic (exact) mass is 230 g/mol. The number of rotatable bonds is 3. The molecule has 0 aromatic carbocycles. The van der Waals surface area contributed by atoms with Crippen molar-refractivity contribution >= 4 is 11.0 Å². The summed E-state index contributed by atoms with van der Waals surface area (Å²) in [6, 6.07) is 1.96. The molecule has 0 spiro atoms. The molecule has 17 heavy (non-hydrogen) atoms. The summed E-state index contributed by atoms with van der Waals surface area (Å²) in [7, 11) is 0. The van der Waals surface area contributed by atoms with Crippen LogP contribution in [0.3, 0.4) is 0 Å². The van der Waals surface area contributed by atoms with E-state index >= 15 is 0 Å². The van der Waals surface area contributed by atoms with Crippen molar-refractivity contribution < 1.29 is 0 Å². The number of nitrogens with one attached hydrogen (secondary N) is 2. The van der Waals surface area contributed by atoms with Crippen LogP contribution in [0.1, 0.15) is 38.4 Å². The van der Waals surface area contributed by atoms with Crippen molar-refractivity contribution in [2.24, 2.45) is 0 Å². The van der Waals surface area contributed by atoms with Gasteiger partial charge in [-0.25, -0.2) is 4.98 Å². The van der Waals surface area contributed by atoms with Crippen molar-refractivity contribution in [1.29, 1.82) is 0 Å². The number of hydrogen-bond donors (Lipinski definition) is 2. The summed E-state index contributed by atoms with van der Waals surface area (Å²) in [6.45, 7) is 3.32. The summed E-state index contributed by atoms with van der Waals surface area (Å²) < 4.78 is 0. The lowest BCUT2D eigenvalue weighted by Crippen LogP contribution is -2.37. The Hall–Kier alpha value is -1.42. The average molecular weight is 230 g/mol. The van der Waals surface area contributed by atoms with Gasteiger partial charge in [0.2, 0.25) is 0 Å². The largest absolute Gasteiger partial charge is 0.339 e. The minimum absolute atomic E-state index is 0.0633. The third-order valence-electron chi connectivity index (χ3n) is 3.66. The summed E-state index contributed by atoms with van der Waals surface area (Å²) in [5.41, 5.74) is 2.11. The Morgan fingerprint density at radius 1 is 1.47 bits per heavy atom. The highest BCUT2D eigenvalue weighted by Gasteiger charge is 2.37. The highest BCUT2D eigenvalue weighted by molar-refractivity contribution is 5.73. The lowest BCUT2D eigenvalue weighted by Gasteiger charge is -2.26. The van der Waals surface area contributed by atoms with Crippen molar-refractivity contribution in [2.75, 3.05) is 6.54 Å². The van der Waals surface area contributed by atoms with E-state index in [4.69, 9.17) is 4.98 Å². The summed E-state index contributed by atoms with van der Waals surface area (Å²) in [4.78, 5) is 12.3. The minimum atomic E-state index is 0.0633. The standard InChI is InChI=1S/C13H18N4/c1-2-5-13(6-3-7-15-13)12-16-10-4-8-14-9-11(10)17-12/h4,8-9,15H,2-3,5-7H2,1H3,(H,16,17). The Labute approximate surface area is 101 Å². The minimum Gasteiger partial charge on any atom is -0.339 e. The summed E-state index contributed by atoms with van der Waals surface area (Å²) in [5, 5.41) is 3.63. The van der Waals surface area contributed by atoms with E-state index in [9.17, 15) is 0 Å². The molecule has 2 N–H and O–H groups in total. The van der Waals surface area contributed by atoms with Crippen molar-refractivity contribution in [3.8, 4) is 0 Å². The molecule has 0 bridgehead atoms. The molecule has 3 rings (SSSR count). The molecule has 0 radical (unpaired) electrons. The Kier molecular flexibility index (Phi) is 2.59. The Balaban J connectivity index is 2.05. The molecule has 1 aliphatic heterocycles. The zero-order valence-electron chi connectivity index (χ0n) is 10.2. The van der Waals surface area contributed by atoms with Gasteiger partial charge in [-0.3, -0.25) is 4.98 Å². The SMILES string of the molecule is CCCC1(c2nc3ccncc3[nH]2)CCCN1. The lowest BCUT2D eigenvalue weighted by atomic mass is 9.91. The number of nitrogens with zero attached hydrogens (tertiary/aromatic N) is 2. The van der Waals surface area contributed by atoms with E-state index in [1.54, 1.807) is 6.20 Å². The van der Waals surface area contributed by atoms with Gasteiger partial charge in [0.1, 0.15) is 5.82 Å². The van der Waals surface area contributed by atoms with Gasteiger partial charge >= 0.3 is 0 Å². The number of H-pyrrole nitrogens is 1. The summed E-state index contributed by atoms with van der Waals surface area (Å²) in [5.74, 6) is 1.08. The van der Waals surface area contributed by atoms with E-state index in [1.807, 2.05) is 12.3 Å². The van der Waals surface area contributed by atoms with E-state index in [0.717, 1.165) is 29.8 Å². The predicted octanol–water partition coefficient (Wildman–Crippen LogP) is 2.34. The highest BCUT2D eigenvalue weighted by Crippen LogP contribution is 2.34. The van der Waals surface area contributed by atoms with E-state index < -0.39 is 0 Å². The highest BCUT2D eigenvalue weighted by atomic mass is 15.1. The maximum Gasteiger partial charge on any atom is 0.127 e. The van der Waals surface area contributed by atoms with Gasteiger partial charge in [0, 0.05) is 6.20 Å².